The quantitative estimate of drug-likeness (QED) is 0.807. The molecule has 0 bridgehead atoms. The zero-order chi connectivity index (χ0) is 15.9. The van der Waals surface area contributed by atoms with Gasteiger partial charge >= 0.3 is 0 Å². The lowest BCUT2D eigenvalue weighted by Crippen LogP contribution is -2.30. The summed E-state index contributed by atoms with van der Waals surface area (Å²) in [4.78, 5) is 0. The van der Waals surface area contributed by atoms with Crippen molar-refractivity contribution in [2.75, 3.05) is 19.0 Å². The number of hydrogen-bond acceptors (Lipinski definition) is 2. The Kier molecular flexibility index (Phi) is 5.98. The van der Waals surface area contributed by atoms with Crippen LogP contribution < -0.4 is 15.4 Å². The van der Waals surface area contributed by atoms with E-state index in [2.05, 4.69) is 10.6 Å². The first kappa shape index (κ1) is 16.5. The zero-order valence-electron chi connectivity index (χ0n) is 12.0. The van der Waals surface area contributed by atoms with Crippen molar-refractivity contribution in [3.05, 3.63) is 58.9 Å². The normalized spacial score (nSPS) is 10.1. The molecule has 0 unspecified atom stereocenters. The summed E-state index contributed by atoms with van der Waals surface area (Å²) < 4.78 is 18.7. The number of methoxy groups -OCH3 is 1. The summed E-state index contributed by atoms with van der Waals surface area (Å²) in [5, 5.41) is 6.57. The first-order chi connectivity index (χ1) is 10.6. The van der Waals surface area contributed by atoms with Crippen LogP contribution in [0.3, 0.4) is 0 Å². The number of anilines is 1. The monoisotopic (exact) mass is 338 g/mol. The highest BCUT2D eigenvalue weighted by molar-refractivity contribution is 7.80. The highest BCUT2D eigenvalue weighted by Gasteiger charge is 2.04. The summed E-state index contributed by atoms with van der Waals surface area (Å²) in [6.07, 6.45) is 0.801. The van der Waals surface area contributed by atoms with E-state index in [-0.39, 0.29) is 0 Å². The molecule has 0 heterocycles. The molecule has 2 aromatic carbocycles. The molecule has 0 amide bonds. The minimum absolute atomic E-state index is 0.298. The Morgan fingerprint density at radius 2 is 1.95 bits per heavy atom. The molecular formula is C16H16ClFN2OS. The summed E-state index contributed by atoms with van der Waals surface area (Å²) in [7, 11) is 1.64. The Labute approximate surface area is 139 Å². The largest absolute Gasteiger partial charge is 0.497 e. The fourth-order valence-corrected chi connectivity index (χ4v) is 2.24. The Balaban J connectivity index is 1.79. The van der Waals surface area contributed by atoms with E-state index in [1.165, 1.54) is 6.07 Å². The topological polar surface area (TPSA) is 33.3 Å². The third kappa shape index (κ3) is 4.86. The van der Waals surface area contributed by atoms with Crippen molar-refractivity contribution in [2.45, 2.75) is 6.42 Å². The Morgan fingerprint density at radius 1 is 1.23 bits per heavy atom. The standard InChI is InChI=1S/C16H16ClFN2OS/c1-21-13-5-2-11(3-6-13)8-9-19-16(22)20-15-7-4-12(17)10-14(15)18/h2-7,10H,8-9H2,1H3,(H2,19,20,22). The van der Waals surface area contributed by atoms with E-state index in [1.807, 2.05) is 24.3 Å². The summed E-state index contributed by atoms with van der Waals surface area (Å²) in [5.74, 6) is 0.388. The Bertz CT molecular complexity index is 649. The van der Waals surface area contributed by atoms with Gasteiger partial charge in [0.15, 0.2) is 5.11 Å². The smallest absolute Gasteiger partial charge is 0.170 e. The lowest BCUT2D eigenvalue weighted by Gasteiger charge is -2.11. The van der Waals surface area contributed by atoms with Crippen LogP contribution in [0.25, 0.3) is 0 Å². The van der Waals surface area contributed by atoms with Gasteiger partial charge in [0.05, 0.1) is 12.8 Å². The fourth-order valence-electron chi connectivity index (χ4n) is 1.87. The van der Waals surface area contributed by atoms with E-state index in [1.54, 1.807) is 19.2 Å². The van der Waals surface area contributed by atoms with E-state index in [9.17, 15) is 4.39 Å². The van der Waals surface area contributed by atoms with Gasteiger partial charge in [-0.1, -0.05) is 23.7 Å². The minimum atomic E-state index is -0.438. The van der Waals surface area contributed by atoms with E-state index in [0.29, 0.717) is 22.4 Å². The summed E-state index contributed by atoms with van der Waals surface area (Å²) in [6.45, 7) is 0.646. The van der Waals surface area contributed by atoms with Crippen molar-refractivity contribution < 1.29 is 9.13 Å². The number of rotatable bonds is 5. The fraction of sp³-hybridized carbons (Fsp3) is 0.188. The summed E-state index contributed by atoms with van der Waals surface area (Å²) in [6, 6.07) is 12.2. The Morgan fingerprint density at radius 3 is 2.59 bits per heavy atom. The molecule has 6 heteroatoms. The van der Waals surface area contributed by atoms with Crippen LogP contribution in [0.1, 0.15) is 5.56 Å². The van der Waals surface area contributed by atoms with E-state index in [4.69, 9.17) is 28.6 Å². The van der Waals surface area contributed by atoms with Crippen molar-refractivity contribution >= 4 is 34.6 Å². The molecule has 0 saturated heterocycles. The highest BCUT2D eigenvalue weighted by Crippen LogP contribution is 2.18. The van der Waals surface area contributed by atoms with Gasteiger partial charge < -0.3 is 15.4 Å². The summed E-state index contributed by atoms with van der Waals surface area (Å²) >= 11 is 10.8. The maximum Gasteiger partial charge on any atom is 0.170 e. The number of thiocarbonyl (C=S) groups is 1. The predicted molar refractivity (Wildman–Crippen MR) is 92.3 cm³/mol. The molecule has 0 fully saturated rings. The first-order valence-electron chi connectivity index (χ1n) is 6.71. The molecule has 0 aliphatic heterocycles. The molecule has 0 aliphatic rings. The van der Waals surface area contributed by atoms with Crippen LogP contribution >= 0.6 is 23.8 Å². The van der Waals surface area contributed by atoms with Crippen LogP contribution in [-0.4, -0.2) is 18.8 Å². The van der Waals surface area contributed by atoms with Crippen LogP contribution in [0, 0.1) is 5.82 Å². The van der Waals surface area contributed by atoms with Crippen LogP contribution in [-0.2, 0) is 6.42 Å². The molecule has 0 atom stereocenters. The molecule has 0 aromatic heterocycles. The molecule has 0 radical (unpaired) electrons. The predicted octanol–water partition coefficient (Wildman–Crippen LogP) is 4.02. The molecule has 0 saturated carbocycles. The number of nitrogens with one attached hydrogen (secondary N) is 2. The minimum Gasteiger partial charge on any atom is -0.497 e. The molecule has 22 heavy (non-hydrogen) atoms. The summed E-state index contributed by atoms with van der Waals surface area (Å²) in [5.41, 5.74) is 1.46. The average molecular weight is 339 g/mol. The van der Waals surface area contributed by atoms with Crippen molar-refractivity contribution in [1.82, 2.24) is 5.32 Å². The molecule has 3 nitrogen and oxygen atoms in total. The van der Waals surface area contributed by atoms with E-state index < -0.39 is 5.82 Å². The van der Waals surface area contributed by atoms with Crippen LogP contribution in [0.2, 0.25) is 5.02 Å². The second-order valence-corrected chi connectivity index (χ2v) is 5.45. The second-order valence-electron chi connectivity index (χ2n) is 4.60. The van der Waals surface area contributed by atoms with Gasteiger partial charge in [-0.05, 0) is 54.5 Å². The first-order valence-corrected chi connectivity index (χ1v) is 7.50. The van der Waals surface area contributed by atoms with Gasteiger partial charge in [-0.25, -0.2) is 4.39 Å². The molecule has 116 valence electrons. The third-order valence-electron chi connectivity index (χ3n) is 3.04. The molecule has 2 rings (SSSR count). The number of benzene rings is 2. The van der Waals surface area contributed by atoms with Crippen LogP contribution in [0.5, 0.6) is 5.75 Å². The molecule has 0 spiro atoms. The number of hydrogen-bond donors (Lipinski definition) is 2. The van der Waals surface area contributed by atoms with Gasteiger partial charge in [-0.3, -0.25) is 0 Å². The zero-order valence-corrected chi connectivity index (χ0v) is 13.6. The molecule has 2 N–H and O–H groups in total. The van der Waals surface area contributed by atoms with Gasteiger partial charge in [0.1, 0.15) is 11.6 Å². The number of halogens is 2. The van der Waals surface area contributed by atoms with Gasteiger partial charge in [0.2, 0.25) is 0 Å². The highest BCUT2D eigenvalue weighted by atomic mass is 35.5. The van der Waals surface area contributed by atoms with Gasteiger partial charge in [-0.15, -0.1) is 0 Å². The lowest BCUT2D eigenvalue weighted by atomic mass is 10.1. The lowest BCUT2D eigenvalue weighted by molar-refractivity contribution is 0.414. The SMILES string of the molecule is COc1ccc(CCNC(=S)Nc2ccc(Cl)cc2F)cc1. The van der Waals surface area contributed by atoms with Crippen molar-refractivity contribution in [3.63, 3.8) is 0 Å². The molecular weight excluding hydrogens is 323 g/mol. The van der Waals surface area contributed by atoms with Crippen molar-refractivity contribution in [1.29, 1.82) is 0 Å². The van der Waals surface area contributed by atoms with Crippen molar-refractivity contribution in [2.24, 2.45) is 0 Å². The Hall–Kier alpha value is -1.85. The second kappa shape index (κ2) is 7.96. The van der Waals surface area contributed by atoms with E-state index >= 15 is 0 Å². The van der Waals surface area contributed by atoms with E-state index in [0.717, 1.165) is 17.7 Å². The molecule has 2 aromatic rings. The maximum atomic E-state index is 13.6. The third-order valence-corrected chi connectivity index (χ3v) is 3.52. The average Bonchev–Trinajstić information content (AvgIpc) is 2.51. The van der Waals surface area contributed by atoms with Crippen LogP contribution in [0.15, 0.2) is 42.5 Å². The maximum absolute atomic E-state index is 13.6. The molecule has 0 aliphatic carbocycles. The van der Waals surface area contributed by atoms with Gasteiger partial charge in [0, 0.05) is 11.6 Å². The number of ether oxygens (including phenoxy) is 1. The van der Waals surface area contributed by atoms with Gasteiger partial charge in [-0.2, -0.15) is 0 Å². The van der Waals surface area contributed by atoms with Crippen molar-refractivity contribution in [3.8, 4) is 5.75 Å². The van der Waals surface area contributed by atoms with Crippen LogP contribution in [0.4, 0.5) is 10.1 Å². The van der Waals surface area contributed by atoms with Gasteiger partial charge in [0.25, 0.3) is 0 Å².